The number of esters is 1. The van der Waals surface area contributed by atoms with Crippen LogP contribution in [-0.4, -0.2) is 46.4 Å². The summed E-state index contributed by atoms with van der Waals surface area (Å²) in [6, 6.07) is 9.92. The molecule has 8 heteroatoms. The second-order valence-corrected chi connectivity index (χ2v) is 10.7. The van der Waals surface area contributed by atoms with Crippen LogP contribution in [0.2, 0.25) is 0 Å². The van der Waals surface area contributed by atoms with Crippen LogP contribution in [0.4, 0.5) is 0 Å². The van der Waals surface area contributed by atoms with E-state index >= 15 is 0 Å². The van der Waals surface area contributed by atoms with Crippen LogP contribution in [0.1, 0.15) is 72.1 Å². The smallest absolute Gasteiger partial charge is 0.337 e. The first-order chi connectivity index (χ1) is 15.4. The number of rotatable bonds is 9. The van der Waals surface area contributed by atoms with Gasteiger partial charge < -0.3 is 9.64 Å². The number of nitrogens with zero attached hydrogens (tertiary/aromatic N) is 1. The van der Waals surface area contributed by atoms with Gasteiger partial charge in [0.1, 0.15) is 0 Å². The maximum Gasteiger partial charge on any atom is 0.337 e. The minimum Gasteiger partial charge on any atom is -0.465 e. The minimum atomic E-state index is -4.00. The Hall–Kier alpha value is -2.71. The molecule has 2 aromatic rings. The quantitative estimate of drug-likeness (QED) is 0.555. The summed E-state index contributed by atoms with van der Waals surface area (Å²) in [5.74, 6) is -1.02. The molecule has 0 saturated carbocycles. The lowest BCUT2D eigenvalue weighted by atomic mass is 9.85. The molecule has 2 rings (SSSR count). The van der Waals surface area contributed by atoms with E-state index in [-0.39, 0.29) is 23.2 Å². The van der Waals surface area contributed by atoms with Crippen molar-refractivity contribution in [2.45, 2.75) is 57.4 Å². The first-order valence-electron chi connectivity index (χ1n) is 10.9. The van der Waals surface area contributed by atoms with Crippen molar-refractivity contribution < 1.29 is 22.7 Å². The van der Waals surface area contributed by atoms with Gasteiger partial charge in [-0.1, -0.05) is 39.8 Å². The molecule has 0 saturated heterocycles. The van der Waals surface area contributed by atoms with Crippen LogP contribution < -0.4 is 4.72 Å². The summed E-state index contributed by atoms with van der Waals surface area (Å²) in [6.07, 6.45) is -0.111. The molecule has 7 nitrogen and oxygen atoms in total. The van der Waals surface area contributed by atoms with Gasteiger partial charge in [-0.3, -0.25) is 4.79 Å². The monoisotopic (exact) mass is 474 g/mol. The summed E-state index contributed by atoms with van der Waals surface area (Å²) in [5, 5.41) is 0. The number of benzene rings is 2. The Balaban J connectivity index is 2.34. The number of methoxy groups -OCH3 is 1. The maximum atomic E-state index is 12.8. The number of hydrogen-bond acceptors (Lipinski definition) is 6. The molecule has 180 valence electrons. The highest BCUT2D eigenvalue weighted by Crippen LogP contribution is 2.30. The number of hydrogen-bond donors (Lipinski definition) is 1. The summed E-state index contributed by atoms with van der Waals surface area (Å²) in [6.45, 7) is 8.55. The molecule has 0 aromatic heterocycles. The third-order valence-electron chi connectivity index (χ3n) is 5.30. The van der Waals surface area contributed by atoms with Gasteiger partial charge in [0.2, 0.25) is 5.91 Å². The molecule has 0 fully saturated rings. The van der Waals surface area contributed by atoms with Gasteiger partial charge in [-0.25, -0.2) is 17.9 Å². The van der Waals surface area contributed by atoms with Gasteiger partial charge in [-0.2, -0.15) is 0 Å². The van der Waals surface area contributed by atoms with E-state index < -0.39 is 21.9 Å². The molecule has 1 amide bonds. The zero-order valence-electron chi connectivity index (χ0n) is 20.4. The van der Waals surface area contributed by atoms with E-state index in [1.807, 2.05) is 46.7 Å². The third kappa shape index (κ3) is 6.88. The Morgan fingerprint density at radius 1 is 0.970 bits per heavy atom. The molecule has 0 atom stereocenters. The van der Waals surface area contributed by atoms with Crippen LogP contribution in [0.5, 0.6) is 0 Å². The highest BCUT2D eigenvalue weighted by molar-refractivity contribution is 7.90. The number of carbonyl (C=O) groups is 2. The summed E-state index contributed by atoms with van der Waals surface area (Å²) in [7, 11) is 1.18. The molecule has 0 spiro atoms. The SMILES string of the molecule is COC(=O)c1cc(C(C)C)c(CC(=O)NS(=O)(=O)c2ccc(CN(C)C)cc2)c(C(C)C)c1. The highest BCUT2D eigenvalue weighted by atomic mass is 32.2. The lowest BCUT2D eigenvalue weighted by Gasteiger charge is -2.21. The largest absolute Gasteiger partial charge is 0.465 e. The predicted octanol–water partition coefficient (Wildman–Crippen LogP) is 3.83. The average Bonchev–Trinajstić information content (AvgIpc) is 2.72. The van der Waals surface area contributed by atoms with Crippen LogP contribution in [0.15, 0.2) is 41.3 Å². The van der Waals surface area contributed by atoms with Gasteiger partial charge in [0.25, 0.3) is 10.0 Å². The Morgan fingerprint density at radius 3 is 1.91 bits per heavy atom. The fourth-order valence-corrected chi connectivity index (χ4v) is 4.72. The van der Waals surface area contributed by atoms with Crippen molar-refractivity contribution in [3.05, 3.63) is 64.2 Å². The Morgan fingerprint density at radius 2 is 1.48 bits per heavy atom. The topological polar surface area (TPSA) is 92.8 Å². The molecule has 0 aliphatic carbocycles. The van der Waals surface area contributed by atoms with E-state index in [1.165, 1.54) is 19.2 Å². The molecule has 0 aliphatic rings. The van der Waals surface area contributed by atoms with Crippen molar-refractivity contribution in [3.8, 4) is 0 Å². The van der Waals surface area contributed by atoms with Gasteiger partial charge in [0.15, 0.2) is 0 Å². The van der Waals surface area contributed by atoms with Crippen molar-refractivity contribution >= 4 is 21.9 Å². The van der Waals surface area contributed by atoms with Gasteiger partial charge in [0, 0.05) is 6.54 Å². The summed E-state index contributed by atoms with van der Waals surface area (Å²) < 4.78 is 32.6. The number of ether oxygens (including phenoxy) is 1. The van der Waals surface area contributed by atoms with Gasteiger partial charge in [-0.15, -0.1) is 0 Å². The molecule has 0 heterocycles. The van der Waals surface area contributed by atoms with E-state index in [9.17, 15) is 18.0 Å². The fraction of sp³-hybridized carbons (Fsp3) is 0.440. The molecule has 1 N–H and O–H groups in total. The summed E-state index contributed by atoms with van der Waals surface area (Å²) >= 11 is 0. The molecule has 0 bridgehead atoms. The predicted molar refractivity (Wildman–Crippen MR) is 129 cm³/mol. The lowest BCUT2D eigenvalue weighted by molar-refractivity contribution is -0.118. The average molecular weight is 475 g/mol. The number of carbonyl (C=O) groups excluding carboxylic acids is 2. The van der Waals surface area contributed by atoms with Gasteiger partial charge in [-0.05, 0) is 72.5 Å². The maximum absolute atomic E-state index is 12.8. The highest BCUT2D eigenvalue weighted by Gasteiger charge is 2.23. The molecule has 0 aliphatic heterocycles. The summed E-state index contributed by atoms with van der Waals surface area (Å²) in [5.41, 5.74) is 3.77. The normalized spacial score (nSPS) is 11.8. The van der Waals surface area contributed by atoms with Crippen molar-refractivity contribution in [1.29, 1.82) is 0 Å². The first kappa shape index (κ1) is 26.5. The second-order valence-electron chi connectivity index (χ2n) is 9.02. The third-order valence-corrected chi connectivity index (χ3v) is 6.69. The lowest BCUT2D eigenvalue weighted by Crippen LogP contribution is -2.32. The van der Waals surface area contributed by atoms with Crippen LogP contribution in [0.3, 0.4) is 0 Å². The number of amides is 1. The first-order valence-corrected chi connectivity index (χ1v) is 12.4. The number of nitrogens with one attached hydrogen (secondary N) is 1. The Kier molecular flexibility index (Phi) is 8.80. The second kappa shape index (κ2) is 10.9. The van der Waals surface area contributed by atoms with Crippen LogP contribution >= 0.6 is 0 Å². The molecular formula is C25H34N2O5S. The van der Waals surface area contributed by atoms with Crippen LogP contribution in [0, 0.1) is 0 Å². The zero-order valence-corrected chi connectivity index (χ0v) is 21.2. The van der Waals surface area contributed by atoms with E-state index in [4.69, 9.17) is 4.74 Å². The van der Waals surface area contributed by atoms with Gasteiger partial charge >= 0.3 is 5.97 Å². The van der Waals surface area contributed by atoms with Crippen LogP contribution in [0.25, 0.3) is 0 Å². The van der Waals surface area contributed by atoms with Crippen LogP contribution in [-0.2, 0) is 32.5 Å². The molecule has 0 unspecified atom stereocenters. The molecular weight excluding hydrogens is 440 g/mol. The molecule has 2 aromatic carbocycles. The fourth-order valence-electron chi connectivity index (χ4n) is 3.73. The number of sulfonamides is 1. The van der Waals surface area contributed by atoms with E-state index in [0.717, 1.165) is 22.3 Å². The van der Waals surface area contributed by atoms with E-state index in [1.54, 1.807) is 24.3 Å². The van der Waals surface area contributed by atoms with E-state index in [0.29, 0.717) is 12.1 Å². The van der Waals surface area contributed by atoms with Crippen molar-refractivity contribution in [1.82, 2.24) is 9.62 Å². The Labute approximate surface area is 197 Å². The van der Waals surface area contributed by atoms with Crippen molar-refractivity contribution in [3.63, 3.8) is 0 Å². The standard InChI is InChI=1S/C25H34N2O5S/c1-16(2)21-12-19(25(29)32-7)13-22(17(3)4)23(21)14-24(28)26-33(30,31)20-10-8-18(9-11-20)15-27(5)6/h8-13,16-17H,14-15H2,1-7H3,(H,26,28). The Bertz CT molecular complexity index is 1080. The van der Waals surface area contributed by atoms with Crippen molar-refractivity contribution in [2.24, 2.45) is 0 Å². The zero-order chi connectivity index (χ0) is 24.9. The van der Waals surface area contributed by atoms with Crippen molar-refractivity contribution in [2.75, 3.05) is 21.2 Å². The minimum absolute atomic E-state index is 0.0238. The van der Waals surface area contributed by atoms with Gasteiger partial charge in [0.05, 0.1) is 24.0 Å². The van der Waals surface area contributed by atoms with E-state index in [2.05, 4.69) is 4.72 Å². The molecule has 0 radical (unpaired) electrons. The summed E-state index contributed by atoms with van der Waals surface area (Å²) in [4.78, 5) is 27.0. The molecule has 33 heavy (non-hydrogen) atoms.